The normalized spacial score (nSPS) is 13.8. The van der Waals surface area contributed by atoms with E-state index in [1.165, 1.54) is 19.4 Å². The largest absolute Gasteiger partial charge is 0.493 e. The van der Waals surface area contributed by atoms with Crippen LogP contribution in [0.4, 0.5) is 17.5 Å². The molecule has 0 bridgehead atoms. The number of carbonyl (C=O) groups is 1. The molecule has 3 aromatic rings. The third-order valence-electron chi connectivity index (χ3n) is 4.91. The van der Waals surface area contributed by atoms with Crippen molar-refractivity contribution in [3.63, 3.8) is 0 Å². The van der Waals surface area contributed by atoms with Gasteiger partial charge in [0.2, 0.25) is 5.95 Å². The molecule has 1 aliphatic heterocycles. The molecule has 0 atom stereocenters. The first-order chi connectivity index (χ1) is 15.0. The third-order valence-corrected chi connectivity index (χ3v) is 4.91. The molecule has 1 fully saturated rings. The van der Waals surface area contributed by atoms with Gasteiger partial charge in [-0.2, -0.15) is 4.98 Å². The Hall–Kier alpha value is -3.66. The first-order valence-corrected chi connectivity index (χ1v) is 9.77. The zero-order valence-electron chi connectivity index (χ0n) is 17.5. The Kier molecular flexibility index (Phi) is 5.72. The highest BCUT2D eigenvalue weighted by atomic mass is 16.5. The summed E-state index contributed by atoms with van der Waals surface area (Å²) >= 11 is 0. The molecule has 4 rings (SSSR count). The van der Waals surface area contributed by atoms with E-state index in [2.05, 4.69) is 15.3 Å². The Balaban J connectivity index is 1.65. The minimum absolute atomic E-state index is 0.122. The van der Waals surface area contributed by atoms with Crippen molar-refractivity contribution in [1.29, 1.82) is 0 Å². The maximum absolute atomic E-state index is 12.9. The molecule has 1 saturated heterocycles. The summed E-state index contributed by atoms with van der Waals surface area (Å²) in [6.07, 6.45) is 1.54. The molecule has 0 spiro atoms. The van der Waals surface area contributed by atoms with Crippen LogP contribution < -0.4 is 25.5 Å². The lowest BCUT2D eigenvalue weighted by molar-refractivity contribution is 0.102. The van der Waals surface area contributed by atoms with E-state index in [-0.39, 0.29) is 5.56 Å². The number of aromatic nitrogens is 2. The fraction of sp³-hybridized carbons (Fsp3) is 0.333. The number of benzene rings is 1. The molecular formula is C21H23N5O5. The summed E-state index contributed by atoms with van der Waals surface area (Å²) in [4.78, 5) is 38.1. The lowest BCUT2D eigenvalue weighted by atomic mass is 10.1. The molecule has 1 aromatic carbocycles. The third kappa shape index (κ3) is 4.15. The maximum atomic E-state index is 12.9. The number of para-hydroxylation sites is 1. The SMILES string of the molecule is COc1cccc2cc(C(=O)Nc3cnc(N4CCOCC4)nc3N(C)C)c(=O)oc12. The van der Waals surface area contributed by atoms with Gasteiger partial charge >= 0.3 is 5.63 Å². The Labute approximate surface area is 178 Å². The fourth-order valence-electron chi connectivity index (χ4n) is 3.34. The smallest absolute Gasteiger partial charge is 0.349 e. The summed E-state index contributed by atoms with van der Waals surface area (Å²) < 4.78 is 15.9. The first kappa shape index (κ1) is 20.6. The van der Waals surface area contributed by atoms with Crippen LogP contribution in [0.5, 0.6) is 5.75 Å². The number of carbonyl (C=O) groups excluding carboxylic acids is 1. The number of nitrogens with one attached hydrogen (secondary N) is 1. The highest BCUT2D eigenvalue weighted by Gasteiger charge is 2.20. The zero-order chi connectivity index (χ0) is 22.0. The predicted octanol–water partition coefficient (Wildman–Crippen LogP) is 1.75. The van der Waals surface area contributed by atoms with Gasteiger partial charge in [0.25, 0.3) is 5.91 Å². The van der Waals surface area contributed by atoms with E-state index >= 15 is 0 Å². The molecule has 0 radical (unpaired) electrons. The molecule has 10 nitrogen and oxygen atoms in total. The molecule has 162 valence electrons. The molecule has 3 heterocycles. The summed E-state index contributed by atoms with van der Waals surface area (Å²) in [6.45, 7) is 2.61. The molecule has 1 N–H and O–H groups in total. The van der Waals surface area contributed by atoms with Crippen molar-refractivity contribution in [1.82, 2.24) is 9.97 Å². The van der Waals surface area contributed by atoms with Crippen LogP contribution in [-0.2, 0) is 4.74 Å². The lowest BCUT2D eigenvalue weighted by Crippen LogP contribution is -2.37. The second-order valence-electron chi connectivity index (χ2n) is 7.18. The zero-order valence-corrected chi connectivity index (χ0v) is 17.5. The number of morpholine rings is 1. The Morgan fingerprint density at radius 1 is 1.26 bits per heavy atom. The number of ether oxygens (including phenoxy) is 2. The van der Waals surface area contributed by atoms with Crippen LogP contribution in [0.25, 0.3) is 11.0 Å². The van der Waals surface area contributed by atoms with E-state index in [0.29, 0.717) is 60.5 Å². The molecule has 2 aromatic heterocycles. The highest BCUT2D eigenvalue weighted by molar-refractivity contribution is 6.06. The first-order valence-electron chi connectivity index (χ1n) is 9.77. The number of nitrogens with zero attached hydrogens (tertiary/aromatic N) is 4. The van der Waals surface area contributed by atoms with Crippen LogP contribution in [0.15, 0.2) is 39.7 Å². The summed E-state index contributed by atoms with van der Waals surface area (Å²) in [5.41, 5.74) is -0.203. The molecule has 0 saturated carbocycles. The van der Waals surface area contributed by atoms with Crippen molar-refractivity contribution in [2.75, 3.05) is 62.6 Å². The Bertz CT molecular complexity index is 1170. The van der Waals surface area contributed by atoms with Crippen LogP contribution in [0.3, 0.4) is 0 Å². The number of hydrogen-bond acceptors (Lipinski definition) is 9. The number of anilines is 3. The lowest BCUT2D eigenvalue weighted by Gasteiger charge is -2.28. The standard InChI is InChI=1S/C21H23N5O5/c1-25(2)18-15(12-22-21(24-18)26-7-9-30-10-8-26)23-19(27)14-11-13-5-4-6-16(29-3)17(13)31-20(14)28/h4-6,11-12H,7-10H2,1-3H3,(H,23,27). The molecule has 1 amide bonds. The van der Waals surface area contributed by atoms with Gasteiger partial charge in [-0.1, -0.05) is 12.1 Å². The van der Waals surface area contributed by atoms with Gasteiger partial charge in [-0.3, -0.25) is 4.79 Å². The van der Waals surface area contributed by atoms with Gasteiger partial charge in [-0.05, 0) is 12.1 Å². The monoisotopic (exact) mass is 425 g/mol. The van der Waals surface area contributed by atoms with E-state index in [0.717, 1.165) is 0 Å². The Morgan fingerprint density at radius 2 is 2.03 bits per heavy atom. The quantitative estimate of drug-likeness (QED) is 0.611. The minimum atomic E-state index is -0.758. The van der Waals surface area contributed by atoms with Crippen molar-refractivity contribution < 1.29 is 18.7 Å². The van der Waals surface area contributed by atoms with Gasteiger partial charge in [0.1, 0.15) is 11.3 Å². The van der Waals surface area contributed by atoms with Crippen LogP contribution in [0.1, 0.15) is 10.4 Å². The summed E-state index contributed by atoms with van der Waals surface area (Å²) in [7, 11) is 5.12. The van der Waals surface area contributed by atoms with Crippen molar-refractivity contribution in [3.05, 3.63) is 46.4 Å². The molecule has 0 aliphatic carbocycles. The Morgan fingerprint density at radius 3 is 2.74 bits per heavy atom. The molecule has 1 aliphatic rings. The van der Waals surface area contributed by atoms with Gasteiger partial charge in [0.05, 0.1) is 26.5 Å². The van der Waals surface area contributed by atoms with Gasteiger partial charge in [-0.15, -0.1) is 0 Å². The number of amides is 1. The summed E-state index contributed by atoms with van der Waals surface area (Å²) in [5, 5.41) is 3.31. The van der Waals surface area contributed by atoms with Crippen LogP contribution in [-0.4, -0.2) is 63.4 Å². The molecule has 0 unspecified atom stereocenters. The highest BCUT2D eigenvalue weighted by Crippen LogP contribution is 2.26. The van der Waals surface area contributed by atoms with Crippen molar-refractivity contribution in [2.45, 2.75) is 0 Å². The van der Waals surface area contributed by atoms with E-state index in [1.54, 1.807) is 23.1 Å². The summed E-state index contributed by atoms with van der Waals surface area (Å²) in [6, 6.07) is 6.66. The van der Waals surface area contributed by atoms with Gasteiger partial charge in [0.15, 0.2) is 17.2 Å². The van der Waals surface area contributed by atoms with Gasteiger partial charge in [-0.25, -0.2) is 9.78 Å². The number of hydrogen-bond donors (Lipinski definition) is 1. The van der Waals surface area contributed by atoms with Crippen LogP contribution >= 0.6 is 0 Å². The molecule has 31 heavy (non-hydrogen) atoms. The fourth-order valence-corrected chi connectivity index (χ4v) is 3.34. The van der Waals surface area contributed by atoms with Crippen molar-refractivity contribution in [2.24, 2.45) is 0 Å². The number of methoxy groups -OCH3 is 1. The second kappa shape index (κ2) is 8.60. The van der Waals surface area contributed by atoms with E-state index in [9.17, 15) is 9.59 Å². The minimum Gasteiger partial charge on any atom is -0.493 e. The second-order valence-corrected chi connectivity index (χ2v) is 7.18. The number of rotatable bonds is 5. The van der Waals surface area contributed by atoms with Gasteiger partial charge in [0, 0.05) is 32.6 Å². The van der Waals surface area contributed by atoms with E-state index < -0.39 is 11.5 Å². The average Bonchev–Trinajstić information content (AvgIpc) is 2.78. The predicted molar refractivity (Wildman–Crippen MR) is 116 cm³/mol. The topological polar surface area (TPSA) is 110 Å². The van der Waals surface area contributed by atoms with Crippen molar-refractivity contribution in [3.8, 4) is 5.75 Å². The number of fused-ring (bicyclic) bond motifs is 1. The maximum Gasteiger partial charge on any atom is 0.349 e. The summed E-state index contributed by atoms with van der Waals surface area (Å²) in [5.74, 6) is 0.895. The van der Waals surface area contributed by atoms with Crippen LogP contribution in [0, 0.1) is 0 Å². The van der Waals surface area contributed by atoms with E-state index in [1.807, 2.05) is 19.0 Å². The molecule has 10 heteroatoms. The average molecular weight is 425 g/mol. The van der Waals surface area contributed by atoms with Crippen molar-refractivity contribution >= 4 is 34.3 Å². The van der Waals surface area contributed by atoms with E-state index in [4.69, 9.17) is 13.9 Å². The molecular weight excluding hydrogens is 402 g/mol. The van der Waals surface area contributed by atoms with Crippen LogP contribution in [0.2, 0.25) is 0 Å². The van der Waals surface area contributed by atoms with Gasteiger partial charge < -0.3 is 29.0 Å².